The molecule has 2 rings (SSSR count). The van der Waals surface area contributed by atoms with Crippen LogP contribution in [0, 0.1) is 0 Å². The average molecular weight is 247 g/mol. The lowest BCUT2D eigenvalue weighted by molar-refractivity contribution is 0.662. The van der Waals surface area contributed by atoms with Crippen molar-refractivity contribution in [2.24, 2.45) is 0 Å². The number of nitrogens with one attached hydrogen (secondary N) is 1. The molecule has 2 aromatic heterocycles. The molecular formula is C13H17N3S. The van der Waals surface area contributed by atoms with Crippen LogP contribution in [0.15, 0.2) is 24.7 Å². The molecule has 0 aromatic carbocycles. The van der Waals surface area contributed by atoms with Gasteiger partial charge in [-0.3, -0.25) is 4.98 Å². The third-order valence-electron chi connectivity index (χ3n) is 2.90. The van der Waals surface area contributed by atoms with Gasteiger partial charge in [-0.05, 0) is 32.0 Å². The summed E-state index contributed by atoms with van der Waals surface area (Å²) in [5, 5.41) is 4.32. The molecule has 4 heteroatoms. The molecule has 90 valence electrons. The number of aryl methyl sites for hydroxylation is 1. The van der Waals surface area contributed by atoms with Crippen molar-refractivity contribution < 1.29 is 0 Å². The summed E-state index contributed by atoms with van der Waals surface area (Å²) >= 11 is 1.75. The Morgan fingerprint density at radius 2 is 2.24 bits per heavy atom. The number of thiazole rings is 1. The van der Waals surface area contributed by atoms with Gasteiger partial charge < -0.3 is 5.32 Å². The monoisotopic (exact) mass is 247 g/mol. The Kier molecular flexibility index (Phi) is 3.86. The molecule has 1 unspecified atom stereocenters. The van der Waals surface area contributed by atoms with Gasteiger partial charge in [0.15, 0.2) is 0 Å². The Bertz CT molecular complexity index is 493. The maximum absolute atomic E-state index is 4.51. The number of aromatic nitrogens is 2. The molecule has 0 aliphatic heterocycles. The topological polar surface area (TPSA) is 37.8 Å². The Morgan fingerprint density at radius 1 is 1.41 bits per heavy atom. The van der Waals surface area contributed by atoms with Crippen molar-refractivity contribution in [2.75, 3.05) is 7.05 Å². The van der Waals surface area contributed by atoms with E-state index in [-0.39, 0.29) is 0 Å². The van der Waals surface area contributed by atoms with Crippen LogP contribution >= 0.6 is 11.3 Å². The highest BCUT2D eigenvalue weighted by Gasteiger charge is 2.11. The molecule has 0 aliphatic rings. The second kappa shape index (κ2) is 5.38. The lowest BCUT2D eigenvalue weighted by Crippen LogP contribution is -2.10. The summed E-state index contributed by atoms with van der Waals surface area (Å²) in [6.07, 6.45) is 6.70. The summed E-state index contributed by atoms with van der Waals surface area (Å²) in [5.74, 6) is 0. The van der Waals surface area contributed by atoms with E-state index in [4.69, 9.17) is 0 Å². The lowest BCUT2D eigenvalue weighted by atomic mass is 10.1. The lowest BCUT2D eigenvalue weighted by Gasteiger charge is -2.05. The highest BCUT2D eigenvalue weighted by Crippen LogP contribution is 2.30. The van der Waals surface area contributed by atoms with Crippen molar-refractivity contribution in [3.8, 4) is 10.6 Å². The van der Waals surface area contributed by atoms with Gasteiger partial charge in [-0.25, -0.2) is 4.98 Å². The SMILES string of the molecule is CCc1cnccc1-c1ncc(C(C)NC)s1. The molecule has 2 heterocycles. The first kappa shape index (κ1) is 12.2. The van der Waals surface area contributed by atoms with Gasteiger partial charge in [-0.15, -0.1) is 11.3 Å². The van der Waals surface area contributed by atoms with Crippen molar-refractivity contribution in [3.05, 3.63) is 35.1 Å². The molecule has 1 atom stereocenters. The minimum absolute atomic E-state index is 0.355. The minimum Gasteiger partial charge on any atom is -0.312 e. The zero-order chi connectivity index (χ0) is 12.3. The van der Waals surface area contributed by atoms with E-state index in [0.29, 0.717) is 6.04 Å². The maximum atomic E-state index is 4.51. The molecule has 17 heavy (non-hydrogen) atoms. The predicted octanol–water partition coefficient (Wildman–Crippen LogP) is 3.05. The van der Waals surface area contributed by atoms with Gasteiger partial charge in [0.1, 0.15) is 5.01 Å². The fourth-order valence-corrected chi connectivity index (χ4v) is 2.71. The van der Waals surface area contributed by atoms with Crippen LogP contribution < -0.4 is 5.32 Å². The molecule has 3 nitrogen and oxygen atoms in total. The van der Waals surface area contributed by atoms with Crippen LogP contribution in [-0.4, -0.2) is 17.0 Å². The van der Waals surface area contributed by atoms with Gasteiger partial charge in [0.25, 0.3) is 0 Å². The molecule has 1 N–H and O–H groups in total. The first-order valence-corrected chi connectivity index (χ1v) is 6.64. The van der Waals surface area contributed by atoms with E-state index in [2.05, 4.69) is 29.1 Å². The minimum atomic E-state index is 0.355. The van der Waals surface area contributed by atoms with E-state index in [0.717, 1.165) is 11.4 Å². The zero-order valence-corrected chi connectivity index (χ0v) is 11.2. The number of pyridine rings is 1. The molecular weight excluding hydrogens is 230 g/mol. The van der Waals surface area contributed by atoms with E-state index in [1.54, 1.807) is 11.3 Å². The van der Waals surface area contributed by atoms with Gasteiger partial charge in [0, 0.05) is 35.1 Å². The molecule has 0 aliphatic carbocycles. The van der Waals surface area contributed by atoms with Crippen LogP contribution in [0.5, 0.6) is 0 Å². The van der Waals surface area contributed by atoms with Gasteiger partial charge in [0.2, 0.25) is 0 Å². The Balaban J connectivity index is 2.37. The van der Waals surface area contributed by atoms with Crippen molar-refractivity contribution >= 4 is 11.3 Å². The van der Waals surface area contributed by atoms with Crippen LogP contribution in [0.25, 0.3) is 10.6 Å². The summed E-state index contributed by atoms with van der Waals surface area (Å²) in [5.41, 5.74) is 2.47. The third kappa shape index (κ3) is 2.53. The summed E-state index contributed by atoms with van der Waals surface area (Å²) in [4.78, 5) is 9.94. The Labute approximate surface area is 106 Å². The second-order valence-electron chi connectivity index (χ2n) is 3.96. The second-order valence-corrected chi connectivity index (χ2v) is 5.03. The summed E-state index contributed by atoms with van der Waals surface area (Å²) in [7, 11) is 1.97. The van der Waals surface area contributed by atoms with Gasteiger partial charge >= 0.3 is 0 Å². The molecule has 2 aromatic rings. The molecule has 0 amide bonds. The first-order chi connectivity index (χ1) is 8.26. The van der Waals surface area contributed by atoms with Crippen molar-refractivity contribution in [1.82, 2.24) is 15.3 Å². The normalized spacial score (nSPS) is 12.6. The molecule has 0 spiro atoms. The summed E-state index contributed by atoms with van der Waals surface area (Å²) in [6, 6.07) is 2.40. The maximum Gasteiger partial charge on any atom is 0.123 e. The van der Waals surface area contributed by atoms with E-state index >= 15 is 0 Å². The van der Waals surface area contributed by atoms with E-state index in [1.165, 1.54) is 16.0 Å². The van der Waals surface area contributed by atoms with E-state index < -0.39 is 0 Å². The predicted molar refractivity (Wildman–Crippen MR) is 72.2 cm³/mol. The quantitative estimate of drug-likeness (QED) is 0.902. The van der Waals surface area contributed by atoms with Gasteiger partial charge in [-0.1, -0.05) is 6.92 Å². The summed E-state index contributed by atoms with van der Waals surface area (Å²) in [6.45, 7) is 4.29. The fourth-order valence-electron chi connectivity index (χ4n) is 1.67. The van der Waals surface area contributed by atoms with Crippen molar-refractivity contribution in [1.29, 1.82) is 0 Å². The Hall–Kier alpha value is -1.26. The number of hydrogen-bond acceptors (Lipinski definition) is 4. The molecule has 0 bridgehead atoms. The Morgan fingerprint density at radius 3 is 2.94 bits per heavy atom. The number of nitrogens with zero attached hydrogens (tertiary/aromatic N) is 2. The van der Waals surface area contributed by atoms with Crippen LogP contribution in [-0.2, 0) is 6.42 Å². The average Bonchev–Trinajstić information content (AvgIpc) is 2.87. The van der Waals surface area contributed by atoms with Crippen LogP contribution in [0.3, 0.4) is 0 Å². The largest absolute Gasteiger partial charge is 0.312 e. The third-order valence-corrected chi connectivity index (χ3v) is 4.11. The van der Waals surface area contributed by atoms with Crippen LogP contribution in [0.1, 0.15) is 30.3 Å². The highest BCUT2D eigenvalue weighted by molar-refractivity contribution is 7.15. The summed E-state index contributed by atoms with van der Waals surface area (Å²) < 4.78 is 0. The molecule has 0 saturated carbocycles. The fraction of sp³-hybridized carbons (Fsp3) is 0.385. The van der Waals surface area contributed by atoms with Crippen molar-refractivity contribution in [3.63, 3.8) is 0 Å². The number of rotatable bonds is 4. The molecule has 0 saturated heterocycles. The van der Waals surface area contributed by atoms with Crippen LogP contribution in [0.2, 0.25) is 0 Å². The number of hydrogen-bond donors (Lipinski definition) is 1. The van der Waals surface area contributed by atoms with E-state index in [9.17, 15) is 0 Å². The molecule has 0 fully saturated rings. The van der Waals surface area contributed by atoms with Crippen molar-refractivity contribution in [2.45, 2.75) is 26.3 Å². The smallest absolute Gasteiger partial charge is 0.123 e. The zero-order valence-electron chi connectivity index (χ0n) is 10.4. The van der Waals surface area contributed by atoms with Gasteiger partial charge in [-0.2, -0.15) is 0 Å². The van der Waals surface area contributed by atoms with E-state index in [1.807, 2.05) is 31.7 Å². The standard InChI is InChI=1S/C13H17N3S/c1-4-10-7-15-6-5-11(10)13-16-8-12(17-13)9(2)14-3/h5-9,14H,4H2,1-3H3. The van der Waals surface area contributed by atoms with Gasteiger partial charge in [0.05, 0.1) is 0 Å². The van der Waals surface area contributed by atoms with Crippen LogP contribution in [0.4, 0.5) is 0 Å². The highest BCUT2D eigenvalue weighted by atomic mass is 32.1. The first-order valence-electron chi connectivity index (χ1n) is 5.82. The molecule has 0 radical (unpaired) electrons.